The highest BCUT2D eigenvalue weighted by Gasteiger charge is 2.09. The third-order valence-electron chi connectivity index (χ3n) is 1.72. The lowest BCUT2D eigenvalue weighted by Gasteiger charge is -2.10. The zero-order valence-corrected chi connectivity index (χ0v) is 11.7. The Labute approximate surface area is 105 Å². The van der Waals surface area contributed by atoms with Crippen LogP contribution in [0.2, 0.25) is 0 Å². The Hall–Kier alpha value is 0.120. The van der Waals surface area contributed by atoms with Crippen molar-refractivity contribution in [2.75, 3.05) is 18.9 Å². The van der Waals surface area contributed by atoms with E-state index < -0.39 is 10.0 Å². The summed E-state index contributed by atoms with van der Waals surface area (Å²) in [5.41, 5.74) is 5.50. The molecule has 0 saturated carbocycles. The maximum Gasteiger partial charge on any atom is 0.213 e. The molecule has 0 fully saturated rings. The van der Waals surface area contributed by atoms with Crippen LogP contribution in [-0.4, -0.2) is 39.5 Å². The number of hydrogen-bond acceptors (Lipinski definition) is 4. The monoisotopic (exact) mass is 274 g/mol. The summed E-state index contributed by atoms with van der Waals surface area (Å²) in [6.07, 6.45) is 0.703. The number of nitrogens with one attached hydrogen (secondary N) is 1. The van der Waals surface area contributed by atoms with E-state index in [2.05, 4.69) is 4.72 Å². The predicted octanol–water partition coefficient (Wildman–Crippen LogP) is 0.490. The van der Waals surface area contributed by atoms with Crippen LogP contribution in [0.5, 0.6) is 0 Å². The van der Waals surface area contributed by atoms with Crippen molar-refractivity contribution in [1.82, 2.24) is 4.72 Å². The second kappa shape index (κ2) is 9.18. The zero-order chi connectivity index (χ0) is 11.9. The molecule has 3 N–H and O–H groups in total. The van der Waals surface area contributed by atoms with E-state index in [0.717, 1.165) is 0 Å². The van der Waals surface area contributed by atoms with Crippen LogP contribution in [0.3, 0.4) is 0 Å². The first-order chi connectivity index (χ1) is 6.83. The van der Waals surface area contributed by atoms with Crippen molar-refractivity contribution in [2.45, 2.75) is 39.3 Å². The average molecular weight is 275 g/mol. The van der Waals surface area contributed by atoms with Gasteiger partial charge in [-0.2, -0.15) is 0 Å². The summed E-state index contributed by atoms with van der Waals surface area (Å²) in [5.74, 6) is 0.00410. The van der Waals surface area contributed by atoms with Gasteiger partial charge in [-0.25, -0.2) is 13.1 Å². The Bertz CT molecular complexity index is 235. The highest BCUT2D eigenvalue weighted by Crippen LogP contribution is 1.92. The van der Waals surface area contributed by atoms with Gasteiger partial charge >= 0.3 is 0 Å². The van der Waals surface area contributed by atoms with Gasteiger partial charge in [-0.1, -0.05) is 0 Å². The van der Waals surface area contributed by atoms with Crippen molar-refractivity contribution in [3.8, 4) is 0 Å². The van der Waals surface area contributed by atoms with E-state index in [9.17, 15) is 8.42 Å². The molecule has 0 heterocycles. The highest BCUT2D eigenvalue weighted by molar-refractivity contribution is 7.89. The highest BCUT2D eigenvalue weighted by atomic mass is 35.5. The van der Waals surface area contributed by atoms with E-state index in [-0.39, 0.29) is 36.9 Å². The van der Waals surface area contributed by atoms with Gasteiger partial charge in [0.25, 0.3) is 0 Å². The molecule has 7 heteroatoms. The third-order valence-corrected chi connectivity index (χ3v) is 3.07. The van der Waals surface area contributed by atoms with E-state index in [1.807, 2.05) is 20.8 Å². The number of sulfonamides is 1. The lowest BCUT2D eigenvalue weighted by molar-refractivity contribution is 0.0911. The van der Waals surface area contributed by atoms with Gasteiger partial charge in [0.2, 0.25) is 10.0 Å². The molecule has 5 nitrogen and oxygen atoms in total. The van der Waals surface area contributed by atoms with Gasteiger partial charge in [-0.3, -0.25) is 0 Å². The molecule has 0 amide bonds. The minimum Gasteiger partial charge on any atom is -0.378 e. The normalized spacial score (nSPS) is 13.6. The molecule has 0 aliphatic rings. The van der Waals surface area contributed by atoms with Crippen LogP contribution in [0.15, 0.2) is 0 Å². The summed E-state index contributed by atoms with van der Waals surface area (Å²) < 4.78 is 30.4. The summed E-state index contributed by atoms with van der Waals surface area (Å²) in [7, 11) is -3.20. The minimum absolute atomic E-state index is 0. The largest absolute Gasteiger partial charge is 0.378 e. The van der Waals surface area contributed by atoms with Gasteiger partial charge in [0.15, 0.2) is 0 Å². The first-order valence-electron chi connectivity index (χ1n) is 5.18. The molecule has 1 atom stereocenters. The fourth-order valence-electron chi connectivity index (χ4n) is 0.908. The molecule has 1 unspecified atom stereocenters. The van der Waals surface area contributed by atoms with Gasteiger partial charge in [0.1, 0.15) is 0 Å². The molecule has 0 aliphatic heterocycles. The third kappa shape index (κ3) is 12.2. The smallest absolute Gasteiger partial charge is 0.213 e. The quantitative estimate of drug-likeness (QED) is 0.675. The summed E-state index contributed by atoms with van der Waals surface area (Å²) in [5, 5.41) is 0. The maximum atomic E-state index is 11.4. The van der Waals surface area contributed by atoms with Gasteiger partial charge < -0.3 is 10.5 Å². The first kappa shape index (κ1) is 18.5. The molecule has 0 aliphatic carbocycles. The first-order valence-corrected chi connectivity index (χ1v) is 6.83. The van der Waals surface area contributed by atoms with E-state index in [0.29, 0.717) is 13.0 Å². The molecule has 16 heavy (non-hydrogen) atoms. The van der Waals surface area contributed by atoms with Crippen LogP contribution in [-0.2, 0) is 14.8 Å². The number of ether oxygens (including phenoxy) is 1. The Morgan fingerprint density at radius 1 is 1.31 bits per heavy atom. The van der Waals surface area contributed by atoms with E-state index in [1.54, 1.807) is 0 Å². The van der Waals surface area contributed by atoms with Crippen molar-refractivity contribution in [3.05, 3.63) is 0 Å². The van der Waals surface area contributed by atoms with Gasteiger partial charge in [0, 0.05) is 12.6 Å². The van der Waals surface area contributed by atoms with Crippen molar-refractivity contribution < 1.29 is 13.2 Å². The molecule has 0 aromatic carbocycles. The van der Waals surface area contributed by atoms with Crippen LogP contribution in [0.1, 0.15) is 27.2 Å². The summed E-state index contributed by atoms with van der Waals surface area (Å²) in [6.45, 7) is 6.20. The van der Waals surface area contributed by atoms with Crippen LogP contribution in [0, 0.1) is 0 Å². The lowest BCUT2D eigenvalue weighted by atomic mass is 10.3. The van der Waals surface area contributed by atoms with E-state index >= 15 is 0 Å². The van der Waals surface area contributed by atoms with E-state index in [4.69, 9.17) is 10.5 Å². The van der Waals surface area contributed by atoms with Gasteiger partial charge in [0.05, 0.1) is 18.5 Å². The molecular weight excluding hydrogens is 252 g/mol. The molecule has 100 valence electrons. The van der Waals surface area contributed by atoms with Gasteiger partial charge in [-0.05, 0) is 27.2 Å². The molecule has 0 rings (SSSR count). The summed E-state index contributed by atoms with van der Waals surface area (Å²) in [6, 6.07) is 0.0135. The average Bonchev–Trinajstić information content (AvgIpc) is 2.01. The molecule has 0 bridgehead atoms. The molecule has 0 saturated heterocycles. The molecule has 0 radical (unpaired) electrons. The zero-order valence-electron chi connectivity index (χ0n) is 10.1. The standard InChI is InChI=1S/C9H22N2O3S.ClH/c1-8(2)14-6-7-15(12,13)11-5-4-9(3)10;/h8-9,11H,4-7,10H2,1-3H3;1H. The predicted molar refractivity (Wildman–Crippen MR) is 68.4 cm³/mol. The molecule has 0 aromatic heterocycles. The second-order valence-electron chi connectivity index (χ2n) is 3.90. The Morgan fingerprint density at radius 2 is 1.88 bits per heavy atom. The molecule has 0 spiro atoms. The fraction of sp³-hybridized carbons (Fsp3) is 1.00. The number of rotatable bonds is 8. The number of nitrogens with two attached hydrogens (primary N) is 1. The Morgan fingerprint density at radius 3 is 2.31 bits per heavy atom. The van der Waals surface area contributed by atoms with Crippen LogP contribution < -0.4 is 10.5 Å². The molecule has 0 aromatic rings. The minimum atomic E-state index is -3.20. The number of hydrogen-bond donors (Lipinski definition) is 2. The lowest BCUT2D eigenvalue weighted by Crippen LogP contribution is -2.32. The topological polar surface area (TPSA) is 81.4 Å². The van der Waals surface area contributed by atoms with Crippen molar-refractivity contribution in [3.63, 3.8) is 0 Å². The summed E-state index contributed by atoms with van der Waals surface area (Å²) in [4.78, 5) is 0. The maximum absolute atomic E-state index is 11.4. The number of halogens is 1. The van der Waals surface area contributed by atoms with Crippen LogP contribution >= 0.6 is 12.4 Å². The van der Waals surface area contributed by atoms with Crippen LogP contribution in [0.4, 0.5) is 0 Å². The van der Waals surface area contributed by atoms with E-state index in [1.165, 1.54) is 0 Å². The Balaban J connectivity index is 0. The SMILES string of the molecule is CC(N)CCNS(=O)(=O)CCOC(C)C.Cl. The Kier molecular flexibility index (Phi) is 10.6. The molecular formula is C9H23ClN2O3S. The van der Waals surface area contributed by atoms with Gasteiger partial charge in [-0.15, -0.1) is 12.4 Å². The van der Waals surface area contributed by atoms with Crippen molar-refractivity contribution >= 4 is 22.4 Å². The van der Waals surface area contributed by atoms with Crippen molar-refractivity contribution in [1.29, 1.82) is 0 Å². The summed E-state index contributed by atoms with van der Waals surface area (Å²) >= 11 is 0. The van der Waals surface area contributed by atoms with Crippen LogP contribution in [0.25, 0.3) is 0 Å². The second-order valence-corrected chi connectivity index (χ2v) is 5.83. The fourth-order valence-corrected chi connectivity index (χ4v) is 1.80. The van der Waals surface area contributed by atoms with Crippen molar-refractivity contribution in [2.24, 2.45) is 5.73 Å².